The molecule has 2 heterocycles. The molecule has 6 heteroatoms. The van der Waals surface area contributed by atoms with Gasteiger partial charge in [0.05, 0.1) is 13.7 Å². The second-order valence-corrected chi connectivity index (χ2v) is 8.77. The normalized spacial score (nSPS) is 19.5. The maximum atomic E-state index is 11.5. The summed E-state index contributed by atoms with van der Waals surface area (Å²) in [5.74, 6) is 0.503. The number of primary amides is 1. The molecule has 1 aromatic heterocycles. The average Bonchev–Trinajstić information content (AvgIpc) is 3.10. The Bertz CT molecular complexity index is 1060. The van der Waals surface area contributed by atoms with Gasteiger partial charge >= 0.3 is 0 Å². The number of carbonyl (C=O) groups is 1. The molecule has 0 aliphatic carbocycles. The fourth-order valence-corrected chi connectivity index (χ4v) is 4.98. The Labute approximate surface area is 183 Å². The van der Waals surface area contributed by atoms with Crippen LogP contribution in [0, 0.1) is 5.41 Å². The van der Waals surface area contributed by atoms with Crippen molar-refractivity contribution < 1.29 is 14.6 Å². The molecule has 3 aromatic rings. The molecule has 4 rings (SSSR count). The topological polar surface area (TPSA) is 80.7 Å². The lowest BCUT2D eigenvalue weighted by molar-refractivity contribution is -0.118. The van der Waals surface area contributed by atoms with Crippen LogP contribution in [0.25, 0.3) is 10.9 Å². The van der Waals surface area contributed by atoms with Crippen LogP contribution in [0.15, 0.2) is 54.7 Å². The molecule has 1 atom stereocenters. The zero-order valence-corrected chi connectivity index (χ0v) is 18.1. The van der Waals surface area contributed by atoms with Gasteiger partial charge in [-0.25, -0.2) is 0 Å². The molecule has 1 aliphatic heterocycles. The van der Waals surface area contributed by atoms with E-state index in [1.165, 1.54) is 11.1 Å². The van der Waals surface area contributed by atoms with Gasteiger partial charge in [0, 0.05) is 35.6 Å². The number of amides is 1. The van der Waals surface area contributed by atoms with Crippen LogP contribution in [0.5, 0.6) is 5.75 Å². The molecule has 0 spiro atoms. The molecule has 2 aromatic carbocycles. The standard InChI is InChI=1S/C25H31N3O3/c1-31-21-7-4-6-19(12-21)13-25(18-29)10-5-11-27(17-25)14-20-15-28(16-24(26)30)23-9-3-2-8-22(20)23/h2-4,6-9,12,15,29H,5,10-11,13-14,16-18H2,1H3,(H2,26,30)/t25-/m1/s1. The Kier molecular flexibility index (Phi) is 6.30. The van der Waals surface area contributed by atoms with Crippen molar-refractivity contribution in [2.24, 2.45) is 11.1 Å². The van der Waals surface area contributed by atoms with Crippen molar-refractivity contribution in [2.45, 2.75) is 32.4 Å². The van der Waals surface area contributed by atoms with E-state index < -0.39 is 0 Å². The summed E-state index contributed by atoms with van der Waals surface area (Å²) >= 11 is 0. The Balaban J connectivity index is 1.55. The summed E-state index contributed by atoms with van der Waals surface area (Å²) < 4.78 is 7.31. The molecule has 3 N–H and O–H groups in total. The number of methoxy groups -OCH3 is 1. The first kappa shape index (κ1) is 21.4. The van der Waals surface area contributed by atoms with Crippen LogP contribution >= 0.6 is 0 Å². The van der Waals surface area contributed by atoms with E-state index in [1.807, 2.05) is 41.1 Å². The number of nitrogens with zero attached hydrogens (tertiary/aromatic N) is 2. The fraction of sp³-hybridized carbons (Fsp3) is 0.400. The average molecular weight is 422 g/mol. The molecule has 31 heavy (non-hydrogen) atoms. The predicted octanol–water partition coefficient (Wildman–Crippen LogP) is 2.95. The smallest absolute Gasteiger partial charge is 0.237 e. The van der Waals surface area contributed by atoms with Gasteiger partial charge in [-0.3, -0.25) is 9.69 Å². The predicted molar refractivity (Wildman–Crippen MR) is 122 cm³/mol. The van der Waals surface area contributed by atoms with Gasteiger partial charge in [0.15, 0.2) is 0 Å². The number of aliphatic hydroxyl groups is 1. The minimum atomic E-state index is -0.345. The number of ether oxygens (including phenoxy) is 1. The minimum absolute atomic E-state index is 0.157. The number of aromatic nitrogens is 1. The number of para-hydroxylation sites is 1. The second-order valence-electron chi connectivity index (χ2n) is 8.77. The summed E-state index contributed by atoms with van der Waals surface area (Å²) in [6.45, 7) is 2.94. The van der Waals surface area contributed by atoms with Crippen LogP contribution in [0.2, 0.25) is 0 Å². The van der Waals surface area contributed by atoms with Gasteiger partial charge in [-0.05, 0) is 55.1 Å². The largest absolute Gasteiger partial charge is 0.497 e. The van der Waals surface area contributed by atoms with Gasteiger partial charge in [0.2, 0.25) is 5.91 Å². The first-order valence-corrected chi connectivity index (χ1v) is 10.8. The van der Waals surface area contributed by atoms with Crippen molar-refractivity contribution >= 4 is 16.8 Å². The molecule has 0 unspecified atom stereocenters. The number of benzene rings is 2. The molecule has 0 bridgehead atoms. The zero-order chi connectivity index (χ0) is 21.8. The molecule has 1 aliphatic rings. The number of rotatable bonds is 8. The molecule has 0 saturated carbocycles. The summed E-state index contributed by atoms with van der Waals surface area (Å²) in [6.07, 6.45) is 4.92. The van der Waals surface area contributed by atoms with Crippen LogP contribution in [-0.4, -0.2) is 47.3 Å². The Morgan fingerprint density at radius 1 is 1.23 bits per heavy atom. The molecule has 0 radical (unpaired) electrons. The third kappa shape index (κ3) is 4.75. The van der Waals surface area contributed by atoms with Crippen molar-refractivity contribution in [3.8, 4) is 5.75 Å². The van der Waals surface area contributed by atoms with Gasteiger partial charge in [0.1, 0.15) is 12.3 Å². The highest BCUT2D eigenvalue weighted by Crippen LogP contribution is 2.35. The van der Waals surface area contributed by atoms with E-state index in [2.05, 4.69) is 23.1 Å². The summed E-state index contributed by atoms with van der Waals surface area (Å²) in [7, 11) is 1.68. The second kappa shape index (κ2) is 9.12. The molecule has 1 amide bonds. The highest BCUT2D eigenvalue weighted by atomic mass is 16.5. The number of hydrogen-bond donors (Lipinski definition) is 2. The highest BCUT2D eigenvalue weighted by molar-refractivity contribution is 5.85. The van der Waals surface area contributed by atoms with Gasteiger partial charge < -0.3 is 20.1 Å². The number of hydrogen-bond acceptors (Lipinski definition) is 4. The third-order valence-electron chi connectivity index (χ3n) is 6.38. The monoisotopic (exact) mass is 421 g/mol. The van der Waals surface area contributed by atoms with E-state index in [1.54, 1.807) is 7.11 Å². The van der Waals surface area contributed by atoms with Gasteiger partial charge in [-0.1, -0.05) is 30.3 Å². The SMILES string of the molecule is COc1cccc(C[C@]2(CO)CCCN(Cc3cn(CC(N)=O)c4ccccc34)C2)c1. The lowest BCUT2D eigenvalue weighted by atomic mass is 9.75. The van der Waals surface area contributed by atoms with E-state index in [9.17, 15) is 9.90 Å². The molecule has 164 valence electrons. The van der Waals surface area contributed by atoms with Crippen LogP contribution in [-0.2, 0) is 24.3 Å². The van der Waals surface area contributed by atoms with E-state index >= 15 is 0 Å². The lowest BCUT2D eigenvalue weighted by Gasteiger charge is -2.42. The Hall–Kier alpha value is -2.83. The molecule has 1 saturated heterocycles. The number of aliphatic hydroxyl groups excluding tert-OH is 1. The van der Waals surface area contributed by atoms with Crippen LogP contribution in [0.3, 0.4) is 0 Å². The summed E-state index contributed by atoms with van der Waals surface area (Å²) in [5, 5.41) is 11.5. The number of likely N-dealkylation sites (tertiary alicyclic amines) is 1. The Morgan fingerprint density at radius 2 is 2.06 bits per heavy atom. The summed E-state index contributed by atoms with van der Waals surface area (Å²) in [5.41, 5.74) is 8.68. The van der Waals surface area contributed by atoms with Crippen molar-refractivity contribution in [3.05, 3.63) is 65.9 Å². The van der Waals surface area contributed by atoms with E-state index in [0.717, 1.165) is 55.5 Å². The molecule has 1 fully saturated rings. The van der Waals surface area contributed by atoms with Crippen molar-refractivity contribution in [1.29, 1.82) is 0 Å². The Morgan fingerprint density at radius 3 is 2.84 bits per heavy atom. The number of nitrogens with two attached hydrogens (primary N) is 1. The number of carbonyl (C=O) groups excluding carboxylic acids is 1. The summed E-state index contributed by atoms with van der Waals surface area (Å²) in [4.78, 5) is 13.9. The molecule has 6 nitrogen and oxygen atoms in total. The number of fused-ring (bicyclic) bond motifs is 1. The molecular formula is C25H31N3O3. The van der Waals surface area contributed by atoms with Crippen molar-refractivity contribution in [1.82, 2.24) is 9.47 Å². The van der Waals surface area contributed by atoms with E-state index in [0.29, 0.717) is 0 Å². The van der Waals surface area contributed by atoms with E-state index in [4.69, 9.17) is 10.5 Å². The third-order valence-corrected chi connectivity index (χ3v) is 6.38. The van der Waals surface area contributed by atoms with Crippen LogP contribution in [0.4, 0.5) is 0 Å². The minimum Gasteiger partial charge on any atom is -0.497 e. The summed E-state index contributed by atoms with van der Waals surface area (Å²) in [6, 6.07) is 16.3. The number of piperidine rings is 1. The van der Waals surface area contributed by atoms with E-state index in [-0.39, 0.29) is 24.5 Å². The highest BCUT2D eigenvalue weighted by Gasteiger charge is 2.35. The van der Waals surface area contributed by atoms with Gasteiger partial charge in [-0.2, -0.15) is 0 Å². The van der Waals surface area contributed by atoms with Gasteiger partial charge in [0.25, 0.3) is 0 Å². The zero-order valence-electron chi connectivity index (χ0n) is 18.1. The maximum Gasteiger partial charge on any atom is 0.237 e. The fourth-order valence-electron chi connectivity index (χ4n) is 4.98. The van der Waals surface area contributed by atoms with Gasteiger partial charge in [-0.15, -0.1) is 0 Å². The lowest BCUT2D eigenvalue weighted by Crippen LogP contribution is -2.46. The maximum absolute atomic E-state index is 11.5. The van der Waals surface area contributed by atoms with Crippen LogP contribution in [0.1, 0.15) is 24.0 Å². The quantitative estimate of drug-likeness (QED) is 0.586. The first-order chi connectivity index (χ1) is 15.0. The van der Waals surface area contributed by atoms with Crippen LogP contribution < -0.4 is 10.5 Å². The van der Waals surface area contributed by atoms with Crippen molar-refractivity contribution in [2.75, 3.05) is 26.8 Å². The molecular weight excluding hydrogens is 390 g/mol. The first-order valence-electron chi connectivity index (χ1n) is 10.8. The van der Waals surface area contributed by atoms with Crippen molar-refractivity contribution in [3.63, 3.8) is 0 Å².